The molecule has 15 heavy (non-hydrogen) atoms. The lowest BCUT2D eigenvalue weighted by atomic mass is 10.1. The third-order valence-electron chi connectivity index (χ3n) is 2.43. The lowest BCUT2D eigenvalue weighted by Gasteiger charge is -2.06. The lowest BCUT2D eigenvalue weighted by Crippen LogP contribution is -1.95. The molecule has 1 N–H and O–H groups in total. The van der Waals surface area contributed by atoms with Crippen LogP contribution in [0, 0.1) is 0 Å². The Labute approximate surface area is 89.9 Å². The largest absolute Gasteiger partial charge is 0.497 e. The summed E-state index contributed by atoms with van der Waals surface area (Å²) in [7, 11) is 1.69. The maximum Gasteiger partial charge on any atom is 0.119 e. The molecule has 78 valence electrons. The van der Waals surface area contributed by atoms with Gasteiger partial charge in [0.1, 0.15) is 5.75 Å². The Hall–Kier alpha value is -1.70. The van der Waals surface area contributed by atoms with Gasteiger partial charge in [-0.2, -0.15) is 0 Å². The summed E-state index contributed by atoms with van der Waals surface area (Å²) in [5.74, 6) is 0.899. The number of hydrogen-bond acceptors (Lipinski definition) is 2. The van der Waals surface area contributed by atoms with Crippen LogP contribution in [0.4, 0.5) is 5.69 Å². The van der Waals surface area contributed by atoms with Crippen LogP contribution < -0.4 is 10.1 Å². The summed E-state index contributed by atoms with van der Waals surface area (Å²) in [5.41, 5.74) is 1.15. The second-order valence-corrected chi connectivity index (χ2v) is 3.46. The summed E-state index contributed by atoms with van der Waals surface area (Å²) in [6.07, 6.45) is 0. The van der Waals surface area contributed by atoms with Crippen LogP contribution in [0.5, 0.6) is 5.75 Å². The molecule has 0 bridgehead atoms. The third-order valence-corrected chi connectivity index (χ3v) is 2.43. The summed E-state index contributed by atoms with van der Waals surface area (Å²) < 4.78 is 5.20. The molecule has 0 aliphatic carbocycles. The van der Waals surface area contributed by atoms with Crippen LogP contribution in [0.1, 0.15) is 6.92 Å². The van der Waals surface area contributed by atoms with E-state index in [9.17, 15) is 0 Å². The molecule has 2 rings (SSSR count). The molecule has 0 saturated carbocycles. The Morgan fingerprint density at radius 1 is 1.07 bits per heavy atom. The molecule has 2 aromatic rings. The average Bonchev–Trinajstić information content (AvgIpc) is 2.28. The fourth-order valence-electron chi connectivity index (χ4n) is 1.67. The molecule has 0 heterocycles. The molecule has 0 amide bonds. The number of methoxy groups -OCH3 is 1. The van der Waals surface area contributed by atoms with Crippen molar-refractivity contribution in [3.8, 4) is 5.75 Å². The highest BCUT2D eigenvalue weighted by Gasteiger charge is 1.97. The number of benzene rings is 2. The number of anilines is 1. The Morgan fingerprint density at radius 3 is 2.60 bits per heavy atom. The number of fused-ring (bicyclic) bond motifs is 1. The van der Waals surface area contributed by atoms with E-state index in [0.29, 0.717) is 0 Å². The van der Waals surface area contributed by atoms with Gasteiger partial charge in [0.05, 0.1) is 7.11 Å². The van der Waals surface area contributed by atoms with Crippen LogP contribution in [-0.4, -0.2) is 13.7 Å². The fourth-order valence-corrected chi connectivity index (χ4v) is 1.67. The first kappa shape index (κ1) is 9.84. The molecule has 0 aromatic heterocycles. The topological polar surface area (TPSA) is 21.3 Å². The molecule has 0 radical (unpaired) electrons. The molecule has 2 aromatic carbocycles. The summed E-state index contributed by atoms with van der Waals surface area (Å²) in [5, 5.41) is 5.73. The highest BCUT2D eigenvalue weighted by atomic mass is 16.5. The van der Waals surface area contributed by atoms with Crippen LogP contribution in [-0.2, 0) is 0 Å². The molecular weight excluding hydrogens is 186 g/mol. The zero-order valence-electron chi connectivity index (χ0n) is 9.08. The Morgan fingerprint density at radius 2 is 1.87 bits per heavy atom. The molecule has 0 spiro atoms. The maximum absolute atomic E-state index is 5.20. The van der Waals surface area contributed by atoms with E-state index in [2.05, 4.69) is 42.6 Å². The van der Waals surface area contributed by atoms with E-state index in [0.717, 1.165) is 18.0 Å². The monoisotopic (exact) mass is 201 g/mol. The minimum absolute atomic E-state index is 0.899. The van der Waals surface area contributed by atoms with E-state index in [1.807, 2.05) is 6.07 Å². The SMILES string of the molecule is CCNc1ccc2ccc(OC)cc2c1. The van der Waals surface area contributed by atoms with E-state index >= 15 is 0 Å². The van der Waals surface area contributed by atoms with Gasteiger partial charge in [-0.15, -0.1) is 0 Å². The molecule has 0 unspecified atom stereocenters. The van der Waals surface area contributed by atoms with Gasteiger partial charge >= 0.3 is 0 Å². The fraction of sp³-hybridized carbons (Fsp3) is 0.231. The van der Waals surface area contributed by atoms with Crippen LogP contribution in [0.15, 0.2) is 36.4 Å². The van der Waals surface area contributed by atoms with Crippen molar-refractivity contribution in [2.24, 2.45) is 0 Å². The van der Waals surface area contributed by atoms with Crippen molar-refractivity contribution in [2.45, 2.75) is 6.92 Å². The number of ether oxygens (including phenoxy) is 1. The van der Waals surface area contributed by atoms with Crippen molar-refractivity contribution in [1.29, 1.82) is 0 Å². The Kier molecular flexibility index (Phi) is 2.77. The van der Waals surface area contributed by atoms with Gasteiger partial charge < -0.3 is 10.1 Å². The quantitative estimate of drug-likeness (QED) is 0.822. The van der Waals surface area contributed by atoms with Gasteiger partial charge in [-0.25, -0.2) is 0 Å². The van der Waals surface area contributed by atoms with E-state index in [1.165, 1.54) is 10.8 Å². The first-order chi connectivity index (χ1) is 7.33. The molecule has 2 nitrogen and oxygen atoms in total. The predicted octanol–water partition coefficient (Wildman–Crippen LogP) is 3.28. The van der Waals surface area contributed by atoms with Crippen LogP contribution in [0.3, 0.4) is 0 Å². The lowest BCUT2D eigenvalue weighted by molar-refractivity contribution is 0.415. The van der Waals surface area contributed by atoms with Crippen molar-refractivity contribution in [1.82, 2.24) is 0 Å². The summed E-state index contributed by atoms with van der Waals surface area (Å²) in [6, 6.07) is 12.5. The third kappa shape index (κ3) is 2.04. The van der Waals surface area contributed by atoms with Gasteiger partial charge in [0, 0.05) is 12.2 Å². The standard InChI is InChI=1S/C13H15NO/c1-3-14-12-6-4-10-5-7-13(15-2)9-11(10)8-12/h4-9,14H,3H2,1-2H3. The first-order valence-corrected chi connectivity index (χ1v) is 5.15. The van der Waals surface area contributed by atoms with E-state index in [1.54, 1.807) is 7.11 Å². The molecule has 0 saturated heterocycles. The van der Waals surface area contributed by atoms with Crippen molar-refractivity contribution >= 4 is 16.5 Å². The van der Waals surface area contributed by atoms with Crippen LogP contribution >= 0.6 is 0 Å². The molecule has 0 fully saturated rings. The Bertz CT molecular complexity index is 465. The molecule has 2 heteroatoms. The van der Waals surface area contributed by atoms with Gasteiger partial charge in [-0.05, 0) is 42.0 Å². The molecule has 0 aliphatic heterocycles. The van der Waals surface area contributed by atoms with Crippen LogP contribution in [0.2, 0.25) is 0 Å². The number of hydrogen-bond donors (Lipinski definition) is 1. The van der Waals surface area contributed by atoms with E-state index < -0.39 is 0 Å². The van der Waals surface area contributed by atoms with E-state index in [-0.39, 0.29) is 0 Å². The van der Waals surface area contributed by atoms with Crippen molar-refractivity contribution in [2.75, 3.05) is 19.0 Å². The minimum Gasteiger partial charge on any atom is -0.497 e. The van der Waals surface area contributed by atoms with Crippen molar-refractivity contribution in [3.63, 3.8) is 0 Å². The number of nitrogens with one attached hydrogen (secondary N) is 1. The maximum atomic E-state index is 5.20. The first-order valence-electron chi connectivity index (χ1n) is 5.15. The average molecular weight is 201 g/mol. The number of rotatable bonds is 3. The van der Waals surface area contributed by atoms with Gasteiger partial charge in [-0.1, -0.05) is 12.1 Å². The normalized spacial score (nSPS) is 10.3. The highest BCUT2D eigenvalue weighted by Crippen LogP contribution is 2.23. The summed E-state index contributed by atoms with van der Waals surface area (Å²) in [6.45, 7) is 3.03. The van der Waals surface area contributed by atoms with Gasteiger partial charge in [0.15, 0.2) is 0 Å². The Balaban J connectivity index is 2.48. The predicted molar refractivity (Wildman–Crippen MR) is 64.7 cm³/mol. The summed E-state index contributed by atoms with van der Waals surface area (Å²) >= 11 is 0. The molecular formula is C13H15NO. The zero-order chi connectivity index (χ0) is 10.7. The van der Waals surface area contributed by atoms with E-state index in [4.69, 9.17) is 4.74 Å². The molecule has 0 aliphatic rings. The minimum atomic E-state index is 0.899. The summed E-state index contributed by atoms with van der Waals surface area (Å²) in [4.78, 5) is 0. The van der Waals surface area contributed by atoms with Crippen molar-refractivity contribution in [3.05, 3.63) is 36.4 Å². The second kappa shape index (κ2) is 4.22. The van der Waals surface area contributed by atoms with Gasteiger partial charge in [0.2, 0.25) is 0 Å². The van der Waals surface area contributed by atoms with Crippen LogP contribution in [0.25, 0.3) is 10.8 Å². The second-order valence-electron chi connectivity index (χ2n) is 3.46. The molecule has 0 atom stereocenters. The van der Waals surface area contributed by atoms with Gasteiger partial charge in [-0.3, -0.25) is 0 Å². The zero-order valence-corrected chi connectivity index (χ0v) is 9.08. The highest BCUT2D eigenvalue weighted by molar-refractivity contribution is 5.86. The smallest absolute Gasteiger partial charge is 0.119 e. The van der Waals surface area contributed by atoms with Gasteiger partial charge in [0.25, 0.3) is 0 Å². The van der Waals surface area contributed by atoms with Crippen molar-refractivity contribution < 1.29 is 4.74 Å².